The Balaban J connectivity index is 2.45. The van der Waals surface area contributed by atoms with Crippen molar-refractivity contribution >= 4 is 0 Å². The zero-order valence-corrected chi connectivity index (χ0v) is 12.6. The van der Waals surface area contributed by atoms with Crippen LogP contribution in [0, 0.1) is 20.8 Å². The molecule has 0 saturated carbocycles. The first-order valence-corrected chi connectivity index (χ1v) is 6.96. The molecule has 1 N–H and O–H groups in total. The summed E-state index contributed by atoms with van der Waals surface area (Å²) in [6.07, 6.45) is 4.99. The van der Waals surface area contributed by atoms with E-state index in [9.17, 15) is 5.11 Å². The SMILES string of the molecule is C/C=C/C(c1ccco1)C(O)c1c(C)cc(C)cc1C. The number of furan rings is 1. The smallest absolute Gasteiger partial charge is 0.113 e. The molecule has 0 amide bonds. The highest BCUT2D eigenvalue weighted by atomic mass is 16.3. The van der Waals surface area contributed by atoms with Crippen molar-refractivity contribution in [3.8, 4) is 0 Å². The molecule has 1 aromatic heterocycles. The normalized spacial score (nSPS) is 14.7. The molecule has 0 spiro atoms. The molecule has 1 aromatic carbocycles. The van der Waals surface area contributed by atoms with Crippen LogP contribution in [0.5, 0.6) is 0 Å². The Morgan fingerprint density at radius 1 is 1.15 bits per heavy atom. The molecule has 0 bridgehead atoms. The Bertz CT molecular complexity index is 571. The highest BCUT2D eigenvalue weighted by Gasteiger charge is 2.25. The van der Waals surface area contributed by atoms with Gasteiger partial charge in [-0.25, -0.2) is 0 Å². The van der Waals surface area contributed by atoms with Crippen LogP contribution in [-0.4, -0.2) is 5.11 Å². The van der Waals surface area contributed by atoms with Gasteiger partial charge in [0.2, 0.25) is 0 Å². The summed E-state index contributed by atoms with van der Waals surface area (Å²) in [5, 5.41) is 10.8. The second kappa shape index (κ2) is 6.10. The fourth-order valence-electron chi connectivity index (χ4n) is 2.88. The highest BCUT2D eigenvalue weighted by Crippen LogP contribution is 2.36. The zero-order chi connectivity index (χ0) is 14.7. The van der Waals surface area contributed by atoms with Crippen LogP contribution in [0.4, 0.5) is 0 Å². The highest BCUT2D eigenvalue weighted by molar-refractivity contribution is 5.41. The molecule has 2 aromatic rings. The number of aliphatic hydroxyl groups is 1. The van der Waals surface area contributed by atoms with Crippen molar-refractivity contribution in [2.24, 2.45) is 0 Å². The predicted octanol–water partition coefficient (Wildman–Crippen LogP) is 4.60. The first kappa shape index (κ1) is 14.6. The van der Waals surface area contributed by atoms with Crippen molar-refractivity contribution < 1.29 is 9.52 Å². The molecule has 0 fully saturated rings. The number of hydrogen-bond acceptors (Lipinski definition) is 2. The van der Waals surface area contributed by atoms with E-state index in [0.717, 1.165) is 22.5 Å². The van der Waals surface area contributed by atoms with Crippen LogP contribution in [0.1, 0.15) is 47.0 Å². The van der Waals surface area contributed by atoms with E-state index in [-0.39, 0.29) is 5.92 Å². The van der Waals surface area contributed by atoms with Gasteiger partial charge in [0.25, 0.3) is 0 Å². The summed E-state index contributed by atoms with van der Waals surface area (Å²) in [5.41, 5.74) is 4.46. The minimum absolute atomic E-state index is 0.157. The Hall–Kier alpha value is -1.80. The van der Waals surface area contributed by atoms with E-state index in [2.05, 4.69) is 19.1 Å². The third-order valence-electron chi connectivity index (χ3n) is 3.65. The molecule has 106 valence electrons. The number of aryl methyl sites for hydroxylation is 3. The minimum atomic E-state index is -0.599. The molecule has 2 rings (SSSR count). The van der Waals surface area contributed by atoms with Gasteiger partial charge < -0.3 is 9.52 Å². The average molecular weight is 270 g/mol. The molecular formula is C18H22O2. The largest absolute Gasteiger partial charge is 0.469 e. The van der Waals surface area contributed by atoms with Crippen molar-refractivity contribution in [1.29, 1.82) is 0 Å². The van der Waals surface area contributed by atoms with Gasteiger partial charge in [0.15, 0.2) is 0 Å². The molecule has 2 nitrogen and oxygen atoms in total. The maximum atomic E-state index is 10.8. The molecule has 2 unspecified atom stereocenters. The van der Waals surface area contributed by atoms with Gasteiger partial charge in [-0.15, -0.1) is 0 Å². The Morgan fingerprint density at radius 3 is 2.30 bits per heavy atom. The molecule has 2 heteroatoms. The molecule has 2 atom stereocenters. The summed E-state index contributed by atoms with van der Waals surface area (Å²) in [6.45, 7) is 8.13. The average Bonchev–Trinajstić information content (AvgIpc) is 2.87. The number of allylic oxidation sites excluding steroid dienone is 1. The van der Waals surface area contributed by atoms with E-state index in [1.165, 1.54) is 5.56 Å². The fourth-order valence-corrected chi connectivity index (χ4v) is 2.88. The van der Waals surface area contributed by atoms with Crippen LogP contribution in [0.2, 0.25) is 0 Å². The van der Waals surface area contributed by atoms with Crippen molar-refractivity contribution in [2.75, 3.05) is 0 Å². The van der Waals surface area contributed by atoms with E-state index >= 15 is 0 Å². The third-order valence-corrected chi connectivity index (χ3v) is 3.65. The maximum Gasteiger partial charge on any atom is 0.113 e. The molecule has 0 aliphatic carbocycles. The number of rotatable bonds is 4. The van der Waals surface area contributed by atoms with Crippen LogP contribution in [0.3, 0.4) is 0 Å². The van der Waals surface area contributed by atoms with Crippen LogP contribution < -0.4 is 0 Å². The van der Waals surface area contributed by atoms with E-state index in [1.807, 2.05) is 45.1 Å². The monoisotopic (exact) mass is 270 g/mol. The van der Waals surface area contributed by atoms with Gasteiger partial charge in [-0.2, -0.15) is 0 Å². The van der Waals surface area contributed by atoms with Crippen LogP contribution in [0.15, 0.2) is 47.1 Å². The van der Waals surface area contributed by atoms with Gasteiger partial charge >= 0.3 is 0 Å². The quantitative estimate of drug-likeness (QED) is 0.824. The van der Waals surface area contributed by atoms with Crippen LogP contribution in [0.25, 0.3) is 0 Å². The lowest BCUT2D eigenvalue weighted by atomic mass is 9.87. The summed E-state index contributed by atoms with van der Waals surface area (Å²) >= 11 is 0. The first-order valence-electron chi connectivity index (χ1n) is 6.96. The summed E-state index contributed by atoms with van der Waals surface area (Å²) < 4.78 is 5.48. The van der Waals surface area contributed by atoms with Crippen molar-refractivity contribution in [2.45, 2.75) is 39.7 Å². The minimum Gasteiger partial charge on any atom is -0.469 e. The molecular weight excluding hydrogens is 248 g/mol. The lowest BCUT2D eigenvalue weighted by molar-refractivity contribution is 0.151. The van der Waals surface area contributed by atoms with Crippen LogP contribution >= 0.6 is 0 Å². The Kier molecular flexibility index (Phi) is 4.46. The van der Waals surface area contributed by atoms with Crippen LogP contribution in [-0.2, 0) is 0 Å². The molecule has 0 aliphatic rings. The molecule has 0 saturated heterocycles. The summed E-state index contributed by atoms with van der Waals surface area (Å²) in [5.74, 6) is 0.630. The number of hydrogen-bond donors (Lipinski definition) is 1. The van der Waals surface area contributed by atoms with E-state index in [0.29, 0.717) is 0 Å². The fraction of sp³-hybridized carbons (Fsp3) is 0.333. The lowest BCUT2D eigenvalue weighted by Crippen LogP contribution is -2.11. The van der Waals surface area contributed by atoms with Gasteiger partial charge in [-0.3, -0.25) is 0 Å². The maximum absolute atomic E-state index is 10.8. The second-order valence-electron chi connectivity index (χ2n) is 5.32. The molecule has 1 heterocycles. The van der Waals surface area contributed by atoms with Gasteiger partial charge in [-0.05, 0) is 56.5 Å². The van der Waals surface area contributed by atoms with E-state index < -0.39 is 6.10 Å². The topological polar surface area (TPSA) is 33.4 Å². The lowest BCUT2D eigenvalue weighted by Gasteiger charge is -2.22. The van der Waals surface area contributed by atoms with Crippen molar-refractivity contribution in [3.63, 3.8) is 0 Å². The Morgan fingerprint density at radius 2 is 1.80 bits per heavy atom. The van der Waals surface area contributed by atoms with E-state index in [1.54, 1.807) is 6.26 Å². The van der Waals surface area contributed by atoms with Crippen molar-refractivity contribution in [1.82, 2.24) is 0 Å². The number of aliphatic hydroxyl groups excluding tert-OH is 1. The molecule has 20 heavy (non-hydrogen) atoms. The third kappa shape index (κ3) is 2.86. The molecule has 0 radical (unpaired) electrons. The summed E-state index contributed by atoms with van der Waals surface area (Å²) in [7, 11) is 0. The van der Waals surface area contributed by atoms with Gasteiger partial charge in [-0.1, -0.05) is 29.8 Å². The van der Waals surface area contributed by atoms with Gasteiger partial charge in [0.1, 0.15) is 5.76 Å². The van der Waals surface area contributed by atoms with Gasteiger partial charge in [0.05, 0.1) is 18.3 Å². The summed E-state index contributed by atoms with van der Waals surface area (Å²) in [6, 6.07) is 7.99. The number of benzene rings is 1. The molecule has 0 aliphatic heterocycles. The van der Waals surface area contributed by atoms with E-state index in [4.69, 9.17) is 4.42 Å². The van der Waals surface area contributed by atoms with Crippen molar-refractivity contribution in [3.05, 3.63) is 70.7 Å². The van der Waals surface area contributed by atoms with Gasteiger partial charge in [0, 0.05) is 0 Å². The standard InChI is InChI=1S/C18H22O2/c1-5-7-15(16-8-6-9-20-16)18(19)17-13(3)10-12(2)11-14(17)4/h5-11,15,18-19H,1-4H3/b7-5+. The Labute approximate surface area is 120 Å². The predicted molar refractivity (Wildman–Crippen MR) is 81.9 cm³/mol. The first-order chi connectivity index (χ1) is 9.54. The summed E-state index contributed by atoms with van der Waals surface area (Å²) in [4.78, 5) is 0. The zero-order valence-electron chi connectivity index (χ0n) is 12.6. The second-order valence-corrected chi connectivity index (χ2v) is 5.32.